The summed E-state index contributed by atoms with van der Waals surface area (Å²) >= 11 is 0. The van der Waals surface area contributed by atoms with E-state index in [9.17, 15) is 5.11 Å². The van der Waals surface area contributed by atoms with Crippen LogP contribution in [0.1, 0.15) is 31.4 Å². The fraction of sp³-hybridized carbons (Fsp3) is 0.500. The molecule has 1 aromatic heterocycles. The number of likely N-dealkylation sites (tertiary alicyclic amines) is 1. The Morgan fingerprint density at radius 1 is 1.32 bits per heavy atom. The molecule has 3 nitrogen and oxygen atoms in total. The number of aromatic amines is 1. The summed E-state index contributed by atoms with van der Waals surface area (Å²) in [7, 11) is 0. The Hall–Kier alpha value is -1.32. The highest BCUT2D eigenvalue weighted by molar-refractivity contribution is 5.79. The topological polar surface area (TPSA) is 39.3 Å². The standard InChI is InChI=1S/C16H22N2O/c1-12-5-8-18(9-6-12)11-16(19)14-3-2-13-4-7-17-15(13)10-14/h2-4,7,10,12,16-17,19H,5-6,8-9,11H2,1H3/t16-/m1/s1. The number of hydrogen-bond donors (Lipinski definition) is 2. The average Bonchev–Trinajstić information content (AvgIpc) is 2.88. The molecule has 3 rings (SSSR count). The SMILES string of the molecule is CC1CCN(C[C@@H](O)c2ccc3cc[nH]c3c2)CC1. The minimum absolute atomic E-state index is 0.388. The van der Waals surface area contributed by atoms with Gasteiger partial charge in [-0.05, 0) is 54.9 Å². The van der Waals surface area contributed by atoms with Crippen molar-refractivity contribution in [2.24, 2.45) is 5.92 Å². The molecule has 1 aliphatic heterocycles. The third-order valence-corrected chi connectivity index (χ3v) is 4.27. The summed E-state index contributed by atoms with van der Waals surface area (Å²) in [6, 6.07) is 8.22. The molecule has 0 aliphatic carbocycles. The van der Waals surface area contributed by atoms with Gasteiger partial charge in [0.05, 0.1) is 6.10 Å². The van der Waals surface area contributed by atoms with Crippen molar-refractivity contribution in [3.63, 3.8) is 0 Å². The summed E-state index contributed by atoms with van der Waals surface area (Å²) in [5, 5.41) is 11.6. The Balaban J connectivity index is 1.67. The lowest BCUT2D eigenvalue weighted by molar-refractivity contribution is 0.0917. The fourth-order valence-electron chi connectivity index (χ4n) is 2.87. The lowest BCUT2D eigenvalue weighted by atomic mass is 9.98. The molecule has 1 aliphatic rings. The smallest absolute Gasteiger partial charge is 0.0917 e. The Morgan fingerprint density at radius 2 is 2.11 bits per heavy atom. The number of β-amino-alcohol motifs (C(OH)–C–C–N with tert-alkyl or cyclic N) is 1. The van der Waals surface area contributed by atoms with Gasteiger partial charge >= 0.3 is 0 Å². The van der Waals surface area contributed by atoms with Crippen LogP contribution in [0.2, 0.25) is 0 Å². The van der Waals surface area contributed by atoms with Crippen LogP contribution in [0.5, 0.6) is 0 Å². The van der Waals surface area contributed by atoms with E-state index in [1.165, 1.54) is 18.2 Å². The van der Waals surface area contributed by atoms with Crippen LogP contribution < -0.4 is 0 Å². The highest BCUT2D eigenvalue weighted by Gasteiger charge is 2.19. The van der Waals surface area contributed by atoms with E-state index in [0.717, 1.165) is 36.6 Å². The van der Waals surface area contributed by atoms with E-state index in [2.05, 4.69) is 35.0 Å². The van der Waals surface area contributed by atoms with Crippen molar-refractivity contribution < 1.29 is 5.11 Å². The predicted molar refractivity (Wildman–Crippen MR) is 78.1 cm³/mol. The normalized spacial score (nSPS) is 19.9. The minimum Gasteiger partial charge on any atom is -0.387 e. The molecule has 0 saturated carbocycles. The van der Waals surface area contributed by atoms with Crippen molar-refractivity contribution >= 4 is 10.9 Å². The first-order valence-corrected chi connectivity index (χ1v) is 7.20. The molecule has 0 bridgehead atoms. The molecule has 19 heavy (non-hydrogen) atoms. The van der Waals surface area contributed by atoms with Gasteiger partial charge in [0.2, 0.25) is 0 Å². The Morgan fingerprint density at radius 3 is 2.89 bits per heavy atom. The minimum atomic E-state index is -0.388. The number of aliphatic hydroxyl groups excluding tert-OH is 1. The van der Waals surface area contributed by atoms with Gasteiger partial charge in [-0.2, -0.15) is 0 Å². The number of benzene rings is 1. The van der Waals surface area contributed by atoms with Crippen LogP contribution in [0.4, 0.5) is 0 Å². The van der Waals surface area contributed by atoms with Crippen molar-refractivity contribution in [1.29, 1.82) is 0 Å². The zero-order valence-corrected chi connectivity index (χ0v) is 11.5. The zero-order chi connectivity index (χ0) is 13.2. The van der Waals surface area contributed by atoms with Crippen molar-refractivity contribution in [2.75, 3.05) is 19.6 Å². The van der Waals surface area contributed by atoms with Crippen molar-refractivity contribution in [2.45, 2.75) is 25.9 Å². The first-order chi connectivity index (χ1) is 9.22. The second-order valence-electron chi connectivity index (χ2n) is 5.82. The third-order valence-electron chi connectivity index (χ3n) is 4.27. The highest BCUT2D eigenvalue weighted by atomic mass is 16.3. The second-order valence-corrected chi connectivity index (χ2v) is 5.82. The van der Waals surface area contributed by atoms with Crippen LogP contribution >= 0.6 is 0 Å². The van der Waals surface area contributed by atoms with Crippen molar-refractivity contribution in [3.05, 3.63) is 36.0 Å². The summed E-state index contributed by atoms with van der Waals surface area (Å²) in [6.45, 7) is 5.29. The number of aromatic nitrogens is 1. The van der Waals surface area contributed by atoms with E-state index in [4.69, 9.17) is 0 Å². The van der Waals surface area contributed by atoms with Gasteiger partial charge in [-0.3, -0.25) is 0 Å². The van der Waals surface area contributed by atoms with Crippen molar-refractivity contribution in [1.82, 2.24) is 9.88 Å². The number of hydrogen-bond acceptors (Lipinski definition) is 2. The number of fused-ring (bicyclic) bond motifs is 1. The molecule has 1 fully saturated rings. The molecule has 0 radical (unpaired) electrons. The Labute approximate surface area is 114 Å². The monoisotopic (exact) mass is 258 g/mol. The van der Waals surface area contributed by atoms with Gasteiger partial charge in [-0.25, -0.2) is 0 Å². The summed E-state index contributed by atoms with van der Waals surface area (Å²) in [5.74, 6) is 0.837. The molecule has 1 atom stereocenters. The highest BCUT2D eigenvalue weighted by Crippen LogP contribution is 2.22. The van der Waals surface area contributed by atoms with E-state index in [-0.39, 0.29) is 6.10 Å². The first kappa shape index (κ1) is 12.7. The predicted octanol–water partition coefficient (Wildman–Crippen LogP) is 2.93. The first-order valence-electron chi connectivity index (χ1n) is 7.20. The summed E-state index contributed by atoms with van der Waals surface area (Å²) in [4.78, 5) is 5.58. The van der Waals surface area contributed by atoms with Crippen LogP contribution in [0.3, 0.4) is 0 Å². The number of aliphatic hydroxyl groups is 1. The average molecular weight is 258 g/mol. The number of rotatable bonds is 3. The molecule has 0 amide bonds. The molecule has 0 unspecified atom stereocenters. The Kier molecular flexibility index (Phi) is 3.58. The zero-order valence-electron chi connectivity index (χ0n) is 11.5. The number of H-pyrrole nitrogens is 1. The van der Waals surface area contributed by atoms with Crippen LogP contribution in [-0.4, -0.2) is 34.6 Å². The van der Waals surface area contributed by atoms with Crippen LogP contribution in [0.25, 0.3) is 10.9 Å². The van der Waals surface area contributed by atoms with Gasteiger partial charge in [0, 0.05) is 18.3 Å². The van der Waals surface area contributed by atoms with Gasteiger partial charge in [0.1, 0.15) is 0 Å². The fourth-order valence-corrected chi connectivity index (χ4v) is 2.87. The molecule has 2 heterocycles. The molecule has 1 aromatic carbocycles. The summed E-state index contributed by atoms with van der Waals surface area (Å²) in [6.07, 6.45) is 4.05. The summed E-state index contributed by atoms with van der Waals surface area (Å²) < 4.78 is 0. The largest absolute Gasteiger partial charge is 0.387 e. The Bertz CT molecular complexity index is 540. The number of nitrogens with one attached hydrogen (secondary N) is 1. The van der Waals surface area contributed by atoms with E-state index >= 15 is 0 Å². The molecule has 102 valence electrons. The quantitative estimate of drug-likeness (QED) is 0.888. The molecule has 1 saturated heterocycles. The van der Waals surface area contributed by atoms with Crippen molar-refractivity contribution in [3.8, 4) is 0 Å². The van der Waals surface area contributed by atoms with E-state index in [1.807, 2.05) is 12.3 Å². The molecule has 2 N–H and O–H groups in total. The second kappa shape index (κ2) is 5.35. The van der Waals surface area contributed by atoms with Gasteiger partial charge in [-0.15, -0.1) is 0 Å². The maximum Gasteiger partial charge on any atom is 0.0917 e. The van der Waals surface area contributed by atoms with Gasteiger partial charge in [0.15, 0.2) is 0 Å². The van der Waals surface area contributed by atoms with E-state index in [1.54, 1.807) is 0 Å². The number of piperidine rings is 1. The van der Waals surface area contributed by atoms with Crippen LogP contribution in [0.15, 0.2) is 30.5 Å². The van der Waals surface area contributed by atoms with Crippen LogP contribution in [0, 0.1) is 5.92 Å². The maximum atomic E-state index is 10.4. The molecule has 2 aromatic rings. The lowest BCUT2D eigenvalue weighted by Gasteiger charge is -2.31. The van der Waals surface area contributed by atoms with Crippen LogP contribution in [-0.2, 0) is 0 Å². The van der Waals surface area contributed by atoms with Gasteiger partial charge in [0.25, 0.3) is 0 Å². The molecular weight excluding hydrogens is 236 g/mol. The molecule has 3 heteroatoms. The third kappa shape index (κ3) is 2.82. The maximum absolute atomic E-state index is 10.4. The van der Waals surface area contributed by atoms with E-state index < -0.39 is 0 Å². The molecular formula is C16H22N2O. The number of nitrogens with zero attached hydrogens (tertiary/aromatic N) is 1. The van der Waals surface area contributed by atoms with Gasteiger partial charge in [-0.1, -0.05) is 19.1 Å². The summed E-state index contributed by atoms with van der Waals surface area (Å²) in [5.41, 5.74) is 2.11. The lowest BCUT2D eigenvalue weighted by Crippen LogP contribution is -2.35. The molecule has 0 spiro atoms. The van der Waals surface area contributed by atoms with E-state index in [0.29, 0.717) is 0 Å². The van der Waals surface area contributed by atoms with Gasteiger partial charge < -0.3 is 15.0 Å².